The standard InChI is InChI=1S/C15H14N2O5/c18-6-8-20-12-1-3-13(4-2-12)21-10-14-16-15(17-22-14)11-5-7-19-9-11/h1-5,7,9,18H,6,8,10H2. The highest BCUT2D eigenvalue weighted by molar-refractivity contribution is 5.51. The molecule has 0 saturated carbocycles. The fourth-order valence-corrected chi connectivity index (χ4v) is 1.76. The van der Waals surface area contributed by atoms with Gasteiger partial charge in [-0.05, 0) is 30.3 Å². The van der Waals surface area contributed by atoms with Crippen molar-refractivity contribution in [3.63, 3.8) is 0 Å². The Morgan fingerprint density at radius 3 is 2.50 bits per heavy atom. The van der Waals surface area contributed by atoms with Crippen LogP contribution in [0.4, 0.5) is 0 Å². The number of nitrogens with zero attached hydrogens (tertiary/aromatic N) is 2. The lowest BCUT2D eigenvalue weighted by Crippen LogP contribution is -2.01. The van der Waals surface area contributed by atoms with Crippen LogP contribution >= 0.6 is 0 Å². The highest BCUT2D eigenvalue weighted by Gasteiger charge is 2.10. The molecule has 0 aliphatic carbocycles. The predicted molar refractivity (Wildman–Crippen MR) is 75.4 cm³/mol. The quantitative estimate of drug-likeness (QED) is 0.716. The van der Waals surface area contributed by atoms with Crippen LogP contribution in [0, 0.1) is 0 Å². The molecule has 114 valence electrons. The second kappa shape index (κ2) is 6.77. The molecule has 2 aromatic heterocycles. The summed E-state index contributed by atoms with van der Waals surface area (Å²) in [6, 6.07) is 8.80. The first-order valence-electron chi connectivity index (χ1n) is 6.67. The Labute approximate surface area is 126 Å². The normalized spacial score (nSPS) is 10.6. The third-order valence-corrected chi connectivity index (χ3v) is 2.79. The Kier molecular flexibility index (Phi) is 4.35. The van der Waals surface area contributed by atoms with Crippen molar-refractivity contribution >= 4 is 0 Å². The first-order valence-corrected chi connectivity index (χ1v) is 6.67. The van der Waals surface area contributed by atoms with Crippen LogP contribution < -0.4 is 9.47 Å². The fraction of sp³-hybridized carbons (Fsp3) is 0.200. The van der Waals surface area contributed by atoms with E-state index in [9.17, 15) is 0 Å². The molecule has 3 rings (SSSR count). The molecule has 22 heavy (non-hydrogen) atoms. The van der Waals surface area contributed by atoms with Gasteiger partial charge in [-0.25, -0.2) is 0 Å². The zero-order valence-electron chi connectivity index (χ0n) is 11.6. The topological polar surface area (TPSA) is 90.8 Å². The van der Waals surface area contributed by atoms with Crippen molar-refractivity contribution in [3.05, 3.63) is 48.7 Å². The molecule has 1 aromatic carbocycles. The number of benzene rings is 1. The molecule has 0 aliphatic rings. The van der Waals surface area contributed by atoms with E-state index in [-0.39, 0.29) is 19.8 Å². The maximum absolute atomic E-state index is 8.68. The van der Waals surface area contributed by atoms with E-state index in [0.717, 1.165) is 5.56 Å². The van der Waals surface area contributed by atoms with Gasteiger partial charge in [0.2, 0.25) is 5.82 Å². The third kappa shape index (κ3) is 3.44. The average Bonchev–Trinajstić information content (AvgIpc) is 3.23. The summed E-state index contributed by atoms with van der Waals surface area (Å²) in [6.07, 6.45) is 3.09. The Bertz CT molecular complexity index is 691. The van der Waals surface area contributed by atoms with E-state index < -0.39 is 0 Å². The lowest BCUT2D eigenvalue weighted by molar-refractivity contribution is 0.201. The highest BCUT2D eigenvalue weighted by atomic mass is 16.5. The molecule has 0 spiro atoms. The molecule has 7 heteroatoms. The number of aliphatic hydroxyl groups excluding tert-OH is 1. The second-order valence-corrected chi connectivity index (χ2v) is 4.36. The average molecular weight is 302 g/mol. The van der Waals surface area contributed by atoms with E-state index in [1.54, 1.807) is 42.9 Å². The van der Waals surface area contributed by atoms with Crippen molar-refractivity contribution in [1.82, 2.24) is 10.1 Å². The van der Waals surface area contributed by atoms with Gasteiger partial charge < -0.3 is 23.5 Å². The molecule has 0 radical (unpaired) electrons. The van der Waals surface area contributed by atoms with Crippen molar-refractivity contribution in [3.8, 4) is 22.9 Å². The maximum atomic E-state index is 8.68. The fourth-order valence-electron chi connectivity index (χ4n) is 1.76. The van der Waals surface area contributed by atoms with Crippen LogP contribution in [0.15, 0.2) is 51.8 Å². The highest BCUT2D eigenvalue weighted by Crippen LogP contribution is 2.19. The van der Waals surface area contributed by atoms with E-state index in [1.807, 2.05) is 0 Å². The number of furan rings is 1. The summed E-state index contributed by atoms with van der Waals surface area (Å²) in [5.74, 6) is 2.15. The summed E-state index contributed by atoms with van der Waals surface area (Å²) in [6.45, 7) is 0.412. The van der Waals surface area contributed by atoms with Gasteiger partial charge in [-0.3, -0.25) is 0 Å². The Hall–Kier alpha value is -2.80. The molecule has 0 fully saturated rings. The number of hydrogen-bond acceptors (Lipinski definition) is 7. The first kappa shape index (κ1) is 14.2. The van der Waals surface area contributed by atoms with E-state index in [1.165, 1.54) is 0 Å². The minimum absolute atomic E-state index is 0.0194. The number of aliphatic hydroxyl groups is 1. The van der Waals surface area contributed by atoms with Gasteiger partial charge in [0.1, 0.15) is 24.4 Å². The van der Waals surface area contributed by atoms with Crippen LogP contribution in [0.3, 0.4) is 0 Å². The van der Waals surface area contributed by atoms with Crippen LogP contribution in [0.5, 0.6) is 11.5 Å². The van der Waals surface area contributed by atoms with Crippen LogP contribution in [0.1, 0.15) is 5.89 Å². The molecule has 0 bridgehead atoms. The number of rotatable bonds is 7. The monoisotopic (exact) mass is 302 g/mol. The lowest BCUT2D eigenvalue weighted by Gasteiger charge is -2.06. The zero-order chi connectivity index (χ0) is 15.2. The zero-order valence-corrected chi connectivity index (χ0v) is 11.6. The van der Waals surface area contributed by atoms with Gasteiger partial charge >= 0.3 is 0 Å². The van der Waals surface area contributed by atoms with E-state index in [2.05, 4.69) is 10.1 Å². The summed E-state index contributed by atoms with van der Waals surface area (Å²) in [5, 5.41) is 12.5. The van der Waals surface area contributed by atoms with E-state index >= 15 is 0 Å². The largest absolute Gasteiger partial charge is 0.491 e. The summed E-state index contributed by atoms with van der Waals surface area (Å²) < 4.78 is 20.9. The van der Waals surface area contributed by atoms with E-state index in [0.29, 0.717) is 23.2 Å². The van der Waals surface area contributed by atoms with Crippen LogP contribution in [-0.2, 0) is 6.61 Å². The van der Waals surface area contributed by atoms with Crippen molar-refractivity contribution in [2.45, 2.75) is 6.61 Å². The summed E-state index contributed by atoms with van der Waals surface area (Å²) in [5.41, 5.74) is 0.750. The maximum Gasteiger partial charge on any atom is 0.264 e. The summed E-state index contributed by atoms with van der Waals surface area (Å²) >= 11 is 0. The molecule has 0 atom stereocenters. The molecule has 0 amide bonds. The smallest absolute Gasteiger partial charge is 0.264 e. The van der Waals surface area contributed by atoms with Crippen LogP contribution in [-0.4, -0.2) is 28.5 Å². The van der Waals surface area contributed by atoms with Gasteiger partial charge in [0.05, 0.1) is 18.4 Å². The number of aromatic nitrogens is 2. The van der Waals surface area contributed by atoms with E-state index in [4.69, 9.17) is 23.5 Å². The van der Waals surface area contributed by atoms with Gasteiger partial charge in [-0.1, -0.05) is 5.16 Å². The molecule has 3 aromatic rings. The first-order chi connectivity index (χ1) is 10.8. The molecular weight excluding hydrogens is 288 g/mol. The van der Waals surface area contributed by atoms with Gasteiger partial charge in [0.25, 0.3) is 5.89 Å². The molecular formula is C15H14N2O5. The van der Waals surface area contributed by atoms with Gasteiger partial charge in [0.15, 0.2) is 6.61 Å². The molecule has 1 N–H and O–H groups in total. The third-order valence-electron chi connectivity index (χ3n) is 2.79. The molecule has 0 saturated heterocycles. The van der Waals surface area contributed by atoms with Crippen LogP contribution in [0.25, 0.3) is 11.4 Å². The van der Waals surface area contributed by atoms with Crippen LogP contribution in [0.2, 0.25) is 0 Å². The SMILES string of the molecule is OCCOc1ccc(OCc2nc(-c3ccoc3)no2)cc1. The molecule has 2 heterocycles. The van der Waals surface area contributed by atoms with Gasteiger partial charge in [-0.15, -0.1) is 0 Å². The summed E-state index contributed by atoms with van der Waals surface area (Å²) in [4.78, 5) is 4.21. The molecule has 0 aliphatic heterocycles. The van der Waals surface area contributed by atoms with Crippen molar-refractivity contribution in [2.24, 2.45) is 0 Å². The van der Waals surface area contributed by atoms with Crippen molar-refractivity contribution in [1.29, 1.82) is 0 Å². The van der Waals surface area contributed by atoms with Crippen molar-refractivity contribution in [2.75, 3.05) is 13.2 Å². The van der Waals surface area contributed by atoms with Crippen molar-refractivity contribution < 1.29 is 23.5 Å². The van der Waals surface area contributed by atoms with Gasteiger partial charge in [-0.2, -0.15) is 4.98 Å². The Morgan fingerprint density at radius 1 is 1.05 bits per heavy atom. The molecule has 0 unspecified atom stereocenters. The Balaban J connectivity index is 1.56. The number of hydrogen-bond donors (Lipinski definition) is 1. The minimum atomic E-state index is -0.0194. The Morgan fingerprint density at radius 2 is 1.82 bits per heavy atom. The lowest BCUT2D eigenvalue weighted by atomic mass is 10.3. The minimum Gasteiger partial charge on any atom is -0.491 e. The second-order valence-electron chi connectivity index (χ2n) is 4.36. The molecule has 7 nitrogen and oxygen atoms in total. The van der Waals surface area contributed by atoms with Gasteiger partial charge in [0, 0.05) is 0 Å². The summed E-state index contributed by atoms with van der Waals surface area (Å²) in [7, 11) is 0. The predicted octanol–water partition coefficient (Wildman–Crippen LogP) is 2.28. The number of ether oxygens (including phenoxy) is 2.